The number of benzene rings is 1. The lowest BCUT2D eigenvalue weighted by Gasteiger charge is -2.37. The third kappa shape index (κ3) is 2.93. The minimum absolute atomic E-state index is 0.0405. The summed E-state index contributed by atoms with van der Waals surface area (Å²) in [6, 6.07) is 9.11. The van der Waals surface area contributed by atoms with E-state index in [1.165, 1.54) is 76.2 Å². The molecule has 2 fully saturated rings. The Morgan fingerprint density at radius 3 is 2.10 bits per heavy atom. The van der Waals surface area contributed by atoms with E-state index < -0.39 is 0 Å². The van der Waals surface area contributed by atoms with E-state index in [2.05, 4.69) is 24.3 Å². The van der Waals surface area contributed by atoms with Crippen molar-refractivity contribution in [2.45, 2.75) is 82.1 Å². The van der Waals surface area contributed by atoms with Gasteiger partial charge >= 0.3 is 0 Å². The molecule has 0 amide bonds. The summed E-state index contributed by atoms with van der Waals surface area (Å²) in [6.07, 6.45) is 14.7. The summed E-state index contributed by atoms with van der Waals surface area (Å²) in [6.45, 7) is 0. The predicted molar refractivity (Wildman–Crippen MR) is 85.8 cm³/mol. The van der Waals surface area contributed by atoms with Crippen LogP contribution in [0.1, 0.15) is 87.7 Å². The van der Waals surface area contributed by atoms with Crippen LogP contribution in [0, 0.1) is 0 Å². The molecule has 1 nitrogen and oxygen atoms in total. The normalized spacial score (nSPS) is 24.2. The van der Waals surface area contributed by atoms with Crippen molar-refractivity contribution in [2.24, 2.45) is 5.73 Å². The Balaban J connectivity index is 1.90. The molecule has 0 atom stereocenters. The fourth-order valence-electron chi connectivity index (χ4n) is 4.35. The van der Waals surface area contributed by atoms with Gasteiger partial charge in [-0.05, 0) is 42.7 Å². The molecule has 0 aromatic heterocycles. The first-order valence-electron chi connectivity index (χ1n) is 8.68. The summed E-state index contributed by atoms with van der Waals surface area (Å²) in [5.41, 5.74) is 9.85. The largest absolute Gasteiger partial charge is 0.321 e. The molecular weight excluding hydrogens is 242 g/mol. The van der Waals surface area contributed by atoms with Crippen LogP contribution in [-0.4, -0.2) is 0 Å². The maximum absolute atomic E-state index is 6.83. The van der Waals surface area contributed by atoms with Crippen LogP contribution in [0.15, 0.2) is 24.3 Å². The minimum Gasteiger partial charge on any atom is -0.321 e. The van der Waals surface area contributed by atoms with Crippen molar-refractivity contribution in [1.29, 1.82) is 0 Å². The van der Waals surface area contributed by atoms with Crippen LogP contribution in [0.5, 0.6) is 0 Å². The van der Waals surface area contributed by atoms with E-state index in [-0.39, 0.29) is 5.54 Å². The highest BCUT2D eigenvalue weighted by Gasteiger charge is 2.32. The van der Waals surface area contributed by atoms with Gasteiger partial charge in [0.25, 0.3) is 0 Å². The standard InChI is InChI=1S/C19H29N/c20-19(14-8-3-9-15-19)18-13-7-6-12-17(18)16-10-4-1-2-5-11-16/h6-7,12-13,16H,1-5,8-11,14-15,20H2. The molecule has 1 aromatic rings. The van der Waals surface area contributed by atoms with Gasteiger partial charge in [-0.25, -0.2) is 0 Å². The van der Waals surface area contributed by atoms with Crippen molar-refractivity contribution in [3.05, 3.63) is 35.4 Å². The van der Waals surface area contributed by atoms with Gasteiger partial charge in [-0.2, -0.15) is 0 Å². The molecule has 0 radical (unpaired) electrons. The summed E-state index contributed by atoms with van der Waals surface area (Å²) in [7, 11) is 0. The molecule has 0 spiro atoms. The first-order chi connectivity index (χ1) is 9.80. The van der Waals surface area contributed by atoms with E-state index in [1.807, 2.05) is 0 Å². The van der Waals surface area contributed by atoms with Crippen molar-refractivity contribution in [1.82, 2.24) is 0 Å². The van der Waals surface area contributed by atoms with Crippen molar-refractivity contribution in [3.63, 3.8) is 0 Å². The van der Waals surface area contributed by atoms with Gasteiger partial charge in [0.05, 0.1) is 0 Å². The third-order valence-electron chi connectivity index (χ3n) is 5.54. The van der Waals surface area contributed by atoms with E-state index in [0.717, 1.165) is 5.92 Å². The first-order valence-corrected chi connectivity index (χ1v) is 8.68. The quantitative estimate of drug-likeness (QED) is 0.731. The molecule has 0 heterocycles. The Bertz CT molecular complexity index is 423. The number of nitrogens with two attached hydrogens (primary N) is 1. The van der Waals surface area contributed by atoms with Gasteiger partial charge in [-0.15, -0.1) is 0 Å². The van der Waals surface area contributed by atoms with E-state index in [0.29, 0.717) is 0 Å². The number of hydrogen-bond donors (Lipinski definition) is 1. The van der Waals surface area contributed by atoms with Crippen LogP contribution in [0.4, 0.5) is 0 Å². The van der Waals surface area contributed by atoms with Crippen molar-refractivity contribution in [2.75, 3.05) is 0 Å². The van der Waals surface area contributed by atoms with Crippen LogP contribution in [0.2, 0.25) is 0 Å². The van der Waals surface area contributed by atoms with E-state index in [4.69, 9.17) is 5.73 Å². The lowest BCUT2D eigenvalue weighted by molar-refractivity contribution is 0.298. The second kappa shape index (κ2) is 6.30. The second-order valence-corrected chi connectivity index (χ2v) is 6.99. The average Bonchev–Trinajstić information content (AvgIpc) is 2.77. The van der Waals surface area contributed by atoms with Crippen LogP contribution in [-0.2, 0) is 5.54 Å². The molecule has 2 N–H and O–H groups in total. The Hall–Kier alpha value is -0.820. The molecule has 3 rings (SSSR count). The van der Waals surface area contributed by atoms with E-state index >= 15 is 0 Å². The summed E-state index contributed by atoms with van der Waals surface area (Å²) in [5, 5.41) is 0. The third-order valence-corrected chi connectivity index (χ3v) is 5.54. The number of hydrogen-bond acceptors (Lipinski definition) is 1. The van der Waals surface area contributed by atoms with Crippen molar-refractivity contribution < 1.29 is 0 Å². The van der Waals surface area contributed by atoms with Crippen LogP contribution in [0.25, 0.3) is 0 Å². The smallest absolute Gasteiger partial charge is 0.0412 e. The van der Waals surface area contributed by atoms with Crippen LogP contribution < -0.4 is 5.73 Å². The molecule has 2 aliphatic carbocycles. The zero-order valence-corrected chi connectivity index (χ0v) is 12.7. The van der Waals surface area contributed by atoms with Gasteiger partial charge < -0.3 is 5.73 Å². The van der Waals surface area contributed by atoms with Crippen LogP contribution >= 0.6 is 0 Å². The summed E-state index contributed by atoms with van der Waals surface area (Å²) in [5.74, 6) is 0.760. The maximum Gasteiger partial charge on any atom is 0.0412 e. The minimum atomic E-state index is -0.0405. The van der Waals surface area contributed by atoms with Gasteiger partial charge in [0.2, 0.25) is 0 Å². The Kier molecular flexibility index (Phi) is 4.45. The monoisotopic (exact) mass is 271 g/mol. The van der Waals surface area contributed by atoms with Crippen LogP contribution in [0.3, 0.4) is 0 Å². The lowest BCUT2D eigenvalue weighted by Crippen LogP contribution is -2.39. The van der Waals surface area contributed by atoms with E-state index in [9.17, 15) is 0 Å². The summed E-state index contributed by atoms with van der Waals surface area (Å²) < 4.78 is 0. The van der Waals surface area contributed by atoms with E-state index in [1.54, 1.807) is 5.56 Å². The average molecular weight is 271 g/mol. The number of rotatable bonds is 2. The Morgan fingerprint density at radius 1 is 0.800 bits per heavy atom. The molecule has 0 aliphatic heterocycles. The maximum atomic E-state index is 6.83. The molecule has 2 aliphatic rings. The Labute approximate surface area is 124 Å². The highest BCUT2D eigenvalue weighted by atomic mass is 14.7. The molecule has 0 unspecified atom stereocenters. The second-order valence-electron chi connectivity index (χ2n) is 6.99. The highest BCUT2D eigenvalue weighted by molar-refractivity contribution is 5.36. The highest BCUT2D eigenvalue weighted by Crippen LogP contribution is 2.41. The van der Waals surface area contributed by atoms with Gasteiger partial charge in [0, 0.05) is 5.54 Å². The van der Waals surface area contributed by atoms with Gasteiger partial charge in [-0.1, -0.05) is 69.2 Å². The molecular formula is C19H29N. The molecule has 0 saturated heterocycles. The topological polar surface area (TPSA) is 26.0 Å². The molecule has 20 heavy (non-hydrogen) atoms. The zero-order valence-electron chi connectivity index (χ0n) is 12.7. The predicted octanol–water partition coefficient (Wildman–Crippen LogP) is 5.24. The van der Waals surface area contributed by atoms with Crippen molar-refractivity contribution in [3.8, 4) is 0 Å². The molecule has 1 heteroatoms. The SMILES string of the molecule is NC1(c2ccccc2C2CCCCCC2)CCCCC1. The molecule has 110 valence electrons. The van der Waals surface area contributed by atoms with Gasteiger partial charge in [-0.3, -0.25) is 0 Å². The van der Waals surface area contributed by atoms with Gasteiger partial charge in [0.15, 0.2) is 0 Å². The van der Waals surface area contributed by atoms with Gasteiger partial charge in [0.1, 0.15) is 0 Å². The van der Waals surface area contributed by atoms with Crippen molar-refractivity contribution >= 4 is 0 Å². The lowest BCUT2D eigenvalue weighted by atomic mass is 9.73. The fourth-order valence-corrected chi connectivity index (χ4v) is 4.35. The summed E-state index contributed by atoms with van der Waals surface area (Å²) >= 11 is 0. The molecule has 1 aromatic carbocycles. The fraction of sp³-hybridized carbons (Fsp3) is 0.684. The molecule has 0 bridgehead atoms. The molecule has 2 saturated carbocycles. The first kappa shape index (κ1) is 14.1. The Morgan fingerprint density at radius 2 is 1.40 bits per heavy atom. The zero-order chi connectivity index (χ0) is 13.8. The summed E-state index contributed by atoms with van der Waals surface area (Å²) in [4.78, 5) is 0.